The number of anilines is 2. The fraction of sp³-hybridized carbons (Fsp3) is 0.167. The van der Waals surface area contributed by atoms with Crippen LogP contribution in [0.3, 0.4) is 0 Å². The lowest BCUT2D eigenvalue weighted by Gasteiger charge is -2.04. The van der Waals surface area contributed by atoms with E-state index in [0.717, 1.165) is 20.1 Å². The van der Waals surface area contributed by atoms with Gasteiger partial charge < -0.3 is 11.1 Å². The average molecular weight is 358 g/mol. The van der Waals surface area contributed by atoms with Gasteiger partial charge in [0, 0.05) is 10.2 Å². The third kappa shape index (κ3) is 4.22. The van der Waals surface area contributed by atoms with Crippen LogP contribution in [0.4, 0.5) is 10.8 Å². The summed E-state index contributed by atoms with van der Waals surface area (Å²) < 4.78 is 1.92. The number of rotatable bonds is 4. The van der Waals surface area contributed by atoms with E-state index in [1.54, 1.807) is 0 Å². The molecule has 7 heteroatoms. The van der Waals surface area contributed by atoms with Crippen molar-refractivity contribution in [3.63, 3.8) is 0 Å². The lowest BCUT2D eigenvalue weighted by molar-refractivity contribution is -0.113. The molecule has 3 N–H and O–H groups in total. The summed E-state index contributed by atoms with van der Waals surface area (Å²) in [6.07, 6.45) is 0. The molecule has 4 nitrogen and oxygen atoms in total. The zero-order chi connectivity index (χ0) is 13.8. The van der Waals surface area contributed by atoms with Crippen LogP contribution in [0.25, 0.3) is 0 Å². The predicted molar refractivity (Wildman–Crippen MR) is 84.8 cm³/mol. The molecule has 1 heterocycles. The van der Waals surface area contributed by atoms with Gasteiger partial charge >= 0.3 is 0 Å². The van der Waals surface area contributed by atoms with Crippen molar-refractivity contribution in [2.24, 2.45) is 0 Å². The van der Waals surface area contributed by atoms with Crippen LogP contribution in [0, 0.1) is 6.92 Å². The molecule has 1 aromatic heterocycles. The van der Waals surface area contributed by atoms with Crippen LogP contribution in [0.15, 0.2) is 32.9 Å². The monoisotopic (exact) mass is 357 g/mol. The first kappa shape index (κ1) is 14.4. The number of nitrogen functional groups attached to an aromatic ring is 1. The maximum absolute atomic E-state index is 11.8. The van der Waals surface area contributed by atoms with E-state index in [1.807, 2.05) is 31.2 Å². The van der Waals surface area contributed by atoms with Crippen LogP contribution in [0.2, 0.25) is 0 Å². The van der Waals surface area contributed by atoms with Gasteiger partial charge in [-0.3, -0.25) is 4.79 Å². The van der Waals surface area contributed by atoms with E-state index in [2.05, 4.69) is 26.2 Å². The van der Waals surface area contributed by atoms with Gasteiger partial charge in [0.1, 0.15) is 0 Å². The molecule has 2 rings (SSSR count). The molecule has 0 bridgehead atoms. The van der Waals surface area contributed by atoms with E-state index < -0.39 is 0 Å². The number of aromatic nitrogens is 1. The highest BCUT2D eigenvalue weighted by atomic mass is 79.9. The van der Waals surface area contributed by atoms with Crippen molar-refractivity contribution >= 4 is 55.8 Å². The number of carbonyl (C=O) groups excluding carboxylic acids is 1. The number of nitrogens with two attached hydrogens (primary N) is 1. The molecule has 0 saturated carbocycles. The topological polar surface area (TPSA) is 68.0 Å². The number of hydrogen-bond donors (Lipinski definition) is 2. The Labute approximate surface area is 127 Å². The van der Waals surface area contributed by atoms with Crippen LogP contribution in [-0.4, -0.2) is 16.6 Å². The van der Waals surface area contributed by atoms with Gasteiger partial charge in [-0.15, -0.1) is 11.8 Å². The molecule has 0 aliphatic rings. The first-order valence-corrected chi connectivity index (χ1v) is 8.05. The fourth-order valence-corrected chi connectivity index (χ4v) is 3.65. The fourth-order valence-electron chi connectivity index (χ4n) is 1.43. The molecule has 1 aromatic carbocycles. The predicted octanol–water partition coefficient (Wildman–Crippen LogP) is 3.53. The molecule has 100 valence electrons. The maximum atomic E-state index is 11.8. The molecule has 0 saturated heterocycles. The number of amides is 1. The average Bonchev–Trinajstić information content (AvgIpc) is 2.65. The number of hydrogen-bond acceptors (Lipinski definition) is 5. The SMILES string of the molecule is Cc1nc(N)sc1SCC(=O)Nc1cccc(Br)c1. The molecular formula is C12H12BrN3OS2. The van der Waals surface area contributed by atoms with E-state index in [-0.39, 0.29) is 5.91 Å². The van der Waals surface area contributed by atoms with Gasteiger partial charge in [-0.05, 0) is 25.1 Å². The molecular weight excluding hydrogens is 346 g/mol. The zero-order valence-electron chi connectivity index (χ0n) is 10.1. The minimum Gasteiger partial charge on any atom is -0.375 e. The number of nitrogens with zero attached hydrogens (tertiary/aromatic N) is 1. The lowest BCUT2D eigenvalue weighted by Crippen LogP contribution is -2.13. The molecule has 1 amide bonds. The highest BCUT2D eigenvalue weighted by Gasteiger charge is 2.09. The Morgan fingerprint density at radius 3 is 3.00 bits per heavy atom. The van der Waals surface area contributed by atoms with Crippen LogP contribution < -0.4 is 11.1 Å². The smallest absolute Gasteiger partial charge is 0.234 e. The quantitative estimate of drug-likeness (QED) is 0.821. The number of aryl methyl sites for hydroxylation is 1. The molecule has 0 aliphatic carbocycles. The summed E-state index contributed by atoms with van der Waals surface area (Å²) in [5, 5.41) is 3.38. The van der Waals surface area contributed by atoms with Crippen molar-refractivity contribution in [1.82, 2.24) is 4.98 Å². The second kappa shape index (κ2) is 6.40. The normalized spacial score (nSPS) is 10.4. The van der Waals surface area contributed by atoms with Gasteiger partial charge in [0.25, 0.3) is 0 Å². The van der Waals surface area contributed by atoms with E-state index in [4.69, 9.17) is 5.73 Å². The third-order valence-electron chi connectivity index (χ3n) is 2.21. The second-order valence-electron chi connectivity index (χ2n) is 3.77. The first-order chi connectivity index (χ1) is 9.04. The largest absolute Gasteiger partial charge is 0.375 e. The molecule has 0 fully saturated rings. The third-order valence-corrected chi connectivity index (χ3v) is 5.06. The molecule has 19 heavy (non-hydrogen) atoms. The number of nitrogens with one attached hydrogen (secondary N) is 1. The summed E-state index contributed by atoms with van der Waals surface area (Å²) in [6, 6.07) is 7.50. The maximum Gasteiger partial charge on any atom is 0.234 e. The highest BCUT2D eigenvalue weighted by molar-refractivity contribution is 9.10. The summed E-state index contributed by atoms with van der Waals surface area (Å²) in [5.74, 6) is 0.295. The molecule has 0 unspecified atom stereocenters. The molecule has 0 spiro atoms. The Morgan fingerprint density at radius 2 is 2.37 bits per heavy atom. The van der Waals surface area contributed by atoms with Gasteiger partial charge in [0.05, 0.1) is 15.7 Å². The first-order valence-electron chi connectivity index (χ1n) is 5.45. The highest BCUT2D eigenvalue weighted by Crippen LogP contribution is 2.30. The van der Waals surface area contributed by atoms with Gasteiger partial charge in [0.2, 0.25) is 5.91 Å². The van der Waals surface area contributed by atoms with Gasteiger partial charge in [-0.25, -0.2) is 4.98 Å². The van der Waals surface area contributed by atoms with E-state index in [0.29, 0.717) is 10.9 Å². The number of thioether (sulfide) groups is 1. The number of carbonyl (C=O) groups is 1. The van der Waals surface area contributed by atoms with E-state index in [9.17, 15) is 4.79 Å². The van der Waals surface area contributed by atoms with Crippen LogP contribution in [0.1, 0.15) is 5.69 Å². The summed E-state index contributed by atoms with van der Waals surface area (Å²) in [6.45, 7) is 1.89. The Morgan fingerprint density at radius 1 is 1.58 bits per heavy atom. The van der Waals surface area contributed by atoms with Crippen molar-refractivity contribution in [2.45, 2.75) is 11.1 Å². The van der Waals surface area contributed by atoms with Crippen molar-refractivity contribution in [3.8, 4) is 0 Å². The summed E-state index contributed by atoms with van der Waals surface area (Å²) >= 11 is 6.22. The van der Waals surface area contributed by atoms with Crippen molar-refractivity contribution in [2.75, 3.05) is 16.8 Å². The van der Waals surface area contributed by atoms with Crippen molar-refractivity contribution < 1.29 is 4.79 Å². The Hall–Kier alpha value is -1.05. The summed E-state index contributed by atoms with van der Waals surface area (Å²) in [7, 11) is 0. The van der Waals surface area contributed by atoms with Crippen molar-refractivity contribution in [3.05, 3.63) is 34.4 Å². The Kier molecular flexibility index (Phi) is 4.84. The van der Waals surface area contributed by atoms with E-state index in [1.165, 1.54) is 23.1 Å². The van der Waals surface area contributed by atoms with Gasteiger partial charge in [-0.2, -0.15) is 0 Å². The van der Waals surface area contributed by atoms with Crippen molar-refractivity contribution in [1.29, 1.82) is 0 Å². The minimum atomic E-state index is -0.0468. The van der Waals surface area contributed by atoms with E-state index >= 15 is 0 Å². The Balaban J connectivity index is 1.90. The summed E-state index contributed by atoms with van der Waals surface area (Å²) in [4.78, 5) is 15.9. The molecule has 0 aliphatic heterocycles. The van der Waals surface area contributed by atoms with Gasteiger partial charge in [-0.1, -0.05) is 33.3 Å². The zero-order valence-corrected chi connectivity index (χ0v) is 13.4. The standard InChI is InChI=1S/C12H12BrN3OS2/c1-7-11(19-12(14)15-7)18-6-10(17)16-9-4-2-3-8(13)5-9/h2-5H,6H2,1H3,(H2,14,15)(H,16,17). The van der Waals surface area contributed by atoms with Crippen LogP contribution in [-0.2, 0) is 4.79 Å². The number of halogens is 1. The minimum absolute atomic E-state index is 0.0468. The summed E-state index contributed by atoms with van der Waals surface area (Å²) in [5.41, 5.74) is 7.27. The second-order valence-corrected chi connectivity index (χ2v) is 6.96. The lowest BCUT2D eigenvalue weighted by atomic mass is 10.3. The number of thiazole rings is 1. The molecule has 0 atom stereocenters. The Bertz CT molecular complexity index is 600. The molecule has 2 aromatic rings. The van der Waals surface area contributed by atoms with Crippen LogP contribution >= 0.6 is 39.0 Å². The van der Waals surface area contributed by atoms with Crippen LogP contribution in [0.5, 0.6) is 0 Å². The molecule has 0 radical (unpaired) electrons. The number of benzene rings is 1. The van der Waals surface area contributed by atoms with Gasteiger partial charge in [0.15, 0.2) is 5.13 Å².